The van der Waals surface area contributed by atoms with E-state index in [2.05, 4.69) is 10.3 Å². The third-order valence-electron chi connectivity index (χ3n) is 6.65. The number of nitrogens with zero attached hydrogens (tertiary/aromatic N) is 3. The Morgan fingerprint density at radius 3 is 2.63 bits per heavy atom. The number of hydrogen-bond acceptors (Lipinski definition) is 6. The van der Waals surface area contributed by atoms with Crippen molar-refractivity contribution in [1.82, 2.24) is 5.01 Å². The first kappa shape index (κ1) is 26.0. The van der Waals surface area contributed by atoms with Gasteiger partial charge in [-0.1, -0.05) is 53.7 Å². The molecule has 0 bridgehead atoms. The van der Waals surface area contributed by atoms with Gasteiger partial charge in [0.1, 0.15) is 11.0 Å². The number of halogens is 1. The normalized spacial score (nSPS) is 18.8. The lowest BCUT2D eigenvalue weighted by Gasteiger charge is -2.23. The van der Waals surface area contributed by atoms with Gasteiger partial charge in [-0.25, -0.2) is 5.01 Å². The smallest absolute Gasteiger partial charge is 0.262 e. The first-order valence-electron chi connectivity index (χ1n) is 12.2. The first-order valence-corrected chi connectivity index (χ1v) is 13.5. The fourth-order valence-electron chi connectivity index (χ4n) is 4.42. The van der Waals surface area contributed by atoms with Crippen LogP contribution in [0.2, 0.25) is 5.02 Å². The van der Waals surface area contributed by atoms with E-state index in [-0.39, 0.29) is 24.3 Å². The van der Waals surface area contributed by atoms with Gasteiger partial charge in [0.05, 0.1) is 18.9 Å². The number of rotatable bonds is 6. The molecule has 2 aliphatic rings. The van der Waals surface area contributed by atoms with Gasteiger partial charge < -0.3 is 10.1 Å². The molecule has 1 N–H and O–H groups in total. The van der Waals surface area contributed by atoms with E-state index in [1.165, 1.54) is 11.8 Å². The number of ether oxygens (including phenoxy) is 1. The van der Waals surface area contributed by atoms with E-state index in [0.717, 1.165) is 33.7 Å². The second-order valence-electron chi connectivity index (χ2n) is 9.29. The largest absolute Gasteiger partial charge is 0.497 e. The van der Waals surface area contributed by atoms with E-state index in [0.29, 0.717) is 22.3 Å². The summed E-state index contributed by atoms with van der Waals surface area (Å²) in [5, 5.41) is 10.1. The van der Waals surface area contributed by atoms with E-state index in [1.807, 2.05) is 80.6 Å². The summed E-state index contributed by atoms with van der Waals surface area (Å²) in [5.41, 5.74) is 5.75. The standard InChI is InChI=1S/C29H27ClN4O3S/c1-17-7-12-22(13-18(17)2)31-27(35)16-26-28(36)32-29(38-26)34-25(20-5-4-6-23(14-20)37-3)15-24(33-34)19-8-10-21(30)11-9-19/h4-14,25-26H,15-16H2,1-3H3,(H,31,35)/t25-,26-/m0/s1. The average molecular weight is 547 g/mol. The van der Waals surface area contributed by atoms with Crippen LogP contribution in [0.4, 0.5) is 5.69 Å². The predicted molar refractivity (Wildman–Crippen MR) is 153 cm³/mol. The number of aryl methyl sites for hydroxylation is 2. The Labute approximate surface area is 230 Å². The topological polar surface area (TPSA) is 83.4 Å². The number of benzene rings is 3. The van der Waals surface area contributed by atoms with Gasteiger partial charge in [0, 0.05) is 23.6 Å². The van der Waals surface area contributed by atoms with Crippen LogP contribution in [-0.2, 0) is 9.59 Å². The molecule has 0 aromatic heterocycles. The van der Waals surface area contributed by atoms with Crippen molar-refractivity contribution < 1.29 is 14.3 Å². The third-order valence-corrected chi connectivity index (χ3v) is 8.05. The Hall–Kier alpha value is -3.62. The molecule has 38 heavy (non-hydrogen) atoms. The molecule has 9 heteroatoms. The fraction of sp³-hybridized carbons (Fsp3) is 0.241. The SMILES string of the molecule is COc1cccc([C@@H]2CC(c3ccc(Cl)cc3)=NN2C2=NC(=O)[C@H](CC(=O)Nc3ccc(C)c(C)c3)S2)c1. The number of thioether (sulfide) groups is 1. The molecular formula is C29H27ClN4O3S. The molecule has 3 aromatic rings. The first-order chi connectivity index (χ1) is 18.3. The highest BCUT2D eigenvalue weighted by atomic mass is 35.5. The summed E-state index contributed by atoms with van der Waals surface area (Å²) in [4.78, 5) is 30.0. The molecular weight excluding hydrogens is 520 g/mol. The predicted octanol–water partition coefficient (Wildman–Crippen LogP) is 6.14. The molecule has 0 unspecified atom stereocenters. The van der Waals surface area contributed by atoms with Crippen LogP contribution >= 0.6 is 23.4 Å². The van der Waals surface area contributed by atoms with Crippen molar-refractivity contribution in [2.75, 3.05) is 12.4 Å². The maximum absolute atomic E-state index is 12.9. The number of methoxy groups -OCH3 is 1. The molecule has 0 saturated heterocycles. The second kappa shape index (κ2) is 11.0. The van der Waals surface area contributed by atoms with Crippen LogP contribution in [0.25, 0.3) is 0 Å². The molecule has 0 spiro atoms. The van der Waals surface area contributed by atoms with Crippen LogP contribution in [0.3, 0.4) is 0 Å². The van der Waals surface area contributed by atoms with Crippen LogP contribution < -0.4 is 10.1 Å². The van der Waals surface area contributed by atoms with Gasteiger partial charge >= 0.3 is 0 Å². The highest BCUT2D eigenvalue weighted by Crippen LogP contribution is 2.39. The minimum Gasteiger partial charge on any atom is -0.497 e. The van der Waals surface area contributed by atoms with Crippen LogP contribution in [0.1, 0.15) is 41.1 Å². The van der Waals surface area contributed by atoms with Gasteiger partial charge in [-0.3, -0.25) is 9.59 Å². The van der Waals surface area contributed by atoms with Gasteiger partial charge in [0.15, 0.2) is 5.17 Å². The molecule has 0 saturated carbocycles. The van der Waals surface area contributed by atoms with Crippen molar-refractivity contribution in [2.45, 2.75) is 38.0 Å². The minimum atomic E-state index is -0.614. The van der Waals surface area contributed by atoms with E-state index in [4.69, 9.17) is 21.4 Å². The maximum Gasteiger partial charge on any atom is 0.262 e. The molecule has 0 aliphatic carbocycles. The van der Waals surface area contributed by atoms with Crippen molar-refractivity contribution in [3.63, 3.8) is 0 Å². The lowest BCUT2D eigenvalue weighted by Crippen LogP contribution is -2.25. The Bertz CT molecular complexity index is 1450. The minimum absolute atomic E-state index is 0.0227. The molecule has 7 nitrogen and oxygen atoms in total. The van der Waals surface area contributed by atoms with Gasteiger partial charge in [0.25, 0.3) is 5.91 Å². The molecule has 5 rings (SSSR count). The number of amidine groups is 1. The molecule has 194 valence electrons. The summed E-state index contributed by atoms with van der Waals surface area (Å²) >= 11 is 7.37. The van der Waals surface area contributed by atoms with Crippen LogP contribution in [0, 0.1) is 13.8 Å². The lowest BCUT2D eigenvalue weighted by molar-refractivity contribution is -0.121. The monoisotopic (exact) mass is 546 g/mol. The van der Waals surface area contributed by atoms with Crippen LogP contribution in [0.5, 0.6) is 5.75 Å². The number of carbonyl (C=O) groups excluding carboxylic acids is 2. The summed E-state index contributed by atoms with van der Waals surface area (Å²) in [6.45, 7) is 4.01. The van der Waals surface area contributed by atoms with E-state index < -0.39 is 5.25 Å². The Morgan fingerprint density at radius 1 is 1.11 bits per heavy atom. The number of anilines is 1. The van der Waals surface area contributed by atoms with Crippen LogP contribution in [0.15, 0.2) is 76.8 Å². The summed E-state index contributed by atoms with van der Waals surface area (Å²) in [5.74, 6) is 0.173. The zero-order chi connectivity index (χ0) is 26.8. The quantitative estimate of drug-likeness (QED) is 0.401. The molecule has 2 atom stereocenters. The zero-order valence-electron chi connectivity index (χ0n) is 21.3. The highest BCUT2D eigenvalue weighted by Gasteiger charge is 2.39. The molecule has 0 radical (unpaired) electrons. The molecule has 2 amide bonds. The van der Waals surface area contributed by atoms with Crippen molar-refractivity contribution in [3.05, 3.63) is 94.0 Å². The number of aliphatic imine (C=N–C) groups is 1. The van der Waals surface area contributed by atoms with Gasteiger partial charge in [-0.2, -0.15) is 10.1 Å². The number of nitrogens with one attached hydrogen (secondary N) is 1. The van der Waals surface area contributed by atoms with Gasteiger partial charge in [-0.15, -0.1) is 0 Å². The number of amides is 2. The molecule has 2 heterocycles. The summed E-state index contributed by atoms with van der Waals surface area (Å²) in [6.07, 6.45) is 0.634. The van der Waals surface area contributed by atoms with Crippen molar-refractivity contribution in [2.24, 2.45) is 10.1 Å². The zero-order valence-corrected chi connectivity index (χ0v) is 22.8. The second-order valence-corrected chi connectivity index (χ2v) is 10.9. The Balaban J connectivity index is 1.36. The Morgan fingerprint density at radius 2 is 1.89 bits per heavy atom. The highest BCUT2D eigenvalue weighted by molar-refractivity contribution is 8.15. The van der Waals surface area contributed by atoms with E-state index in [1.54, 1.807) is 12.1 Å². The van der Waals surface area contributed by atoms with Crippen molar-refractivity contribution >= 4 is 51.7 Å². The maximum atomic E-state index is 12.9. The lowest BCUT2D eigenvalue weighted by atomic mass is 9.98. The number of hydrogen-bond donors (Lipinski definition) is 1. The van der Waals surface area contributed by atoms with Gasteiger partial charge in [-0.05, 0) is 72.5 Å². The molecule has 0 fully saturated rings. The third kappa shape index (κ3) is 5.61. The average Bonchev–Trinajstić information content (AvgIpc) is 3.50. The number of hydrazone groups is 1. The summed E-state index contributed by atoms with van der Waals surface area (Å²) in [7, 11) is 1.63. The van der Waals surface area contributed by atoms with E-state index >= 15 is 0 Å². The Kier molecular flexibility index (Phi) is 7.53. The number of carbonyl (C=O) groups is 2. The molecule has 2 aliphatic heterocycles. The fourth-order valence-corrected chi connectivity index (χ4v) is 5.60. The summed E-state index contributed by atoms with van der Waals surface area (Å²) < 4.78 is 5.44. The van der Waals surface area contributed by atoms with Crippen molar-refractivity contribution in [1.29, 1.82) is 0 Å². The summed E-state index contributed by atoms with van der Waals surface area (Å²) in [6, 6.07) is 20.9. The molecule has 3 aromatic carbocycles. The van der Waals surface area contributed by atoms with Crippen molar-refractivity contribution in [3.8, 4) is 5.75 Å². The van der Waals surface area contributed by atoms with E-state index in [9.17, 15) is 9.59 Å². The van der Waals surface area contributed by atoms with Crippen LogP contribution in [-0.4, -0.2) is 40.1 Å². The van der Waals surface area contributed by atoms with Gasteiger partial charge in [0.2, 0.25) is 5.91 Å².